The van der Waals surface area contributed by atoms with Gasteiger partial charge in [-0.3, -0.25) is 0 Å². The minimum Gasteiger partial charge on any atom is -0.445 e. The molecule has 27 heavy (non-hydrogen) atoms. The lowest BCUT2D eigenvalue weighted by Crippen LogP contribution is -2.46. The molecule has 0 radical (unpaired) electrons. The summed E-state index contributed by atoms with van der Waals surface area (Å²) in [5.74, 6) is 0. The number of alkyl carbamates (subject to hydrolysis) is 1. The molecule has 0 fully saturated rings. The monoisotopic (exact) mass is 391 g/mol. The van der Waals surface area contributed by atoms with E-state index in [1.54, 1.807) is 6.08 Å². The first-order valence-corrected chi connectivity index (χ1v) is 12.5. The van der Waals surface area contributed by atoms with Crippen molar-refractivity contribution in [3.8, 4) is 0 Å². The van der Waals surface area contributed by atoms with Crippen molar-refractivity contribution in [1.82, 2.24) is 5.32 Å². The highest BCUT2D eigenvalue weighted by atomic mass is 28.4. The summed E-state index contributed by atoms with van der Waals surface area (Å²) in [5.41, 5.74) is 0.943. The smallest absolute Gasteiger partial charge is 0.407 e. The van der Waals surface area contributed by atoms with Gasteiger partial charge in [0.15, 0.2) is 8.32 Å². The summed E-state index contributed by atoms with van der Waals surface area (Å²) in [6.45, 7) is 11.2. The fourth-order valence-corrected chi connectivity index (χ4v) is 4.16. The maximum absolute atomic E-state index is 12.2. The van der Waals surface area contributed by atoms with Gasteiger partial charge in [0.05, 0.1) is 18.2 Å². The van der Waals surface area contributed by atoms with E-state index in [0.717, 1.165) is 5.56 Å². The Morgan fingerprint density at radius 3 is 2.48 bits per heavy atom. The first-order valence-electron chi connectivity index (χ1n) is 9.58. The van der Waals surface area contributed by atoms with Crippen molar-refractivity contribution in [3.63, 3.8) is 0 Å². The third-order valence-corrected chi connectivity index (χ3v) is 9.91. The zero-order chi connectivity index (χ0) is 20.1. The van der Waals surface area contributed by atoms with Crippen LogP contribution in [-0.4, -0.2) is 37.8 Å². The molecule has 0 saturated heterocycles. The Morgan fingerprint density at radius 2 is 1.85 bits per heavy atom. The molecule has 0 saturated carbocycles. The number of ether oxygens (including phenoxy) is 1. The van der Waals surface area contributed by atoms with E-state index < -0.39 is 20.5 Å². The number of hydrogen-bond acceptors (Lipinski definition) is 4. The van der Waals surface area contributed by atoms with Crippen LogP contribution >= 0.6 is 0 Å². The van der Waals surface area contributed by atoms with Crippen LogP contribution in [0.25, 0.3) is 0 Å². The molecular weight excluding hydrogens is 358 g/mol. The summed E-state index contributed by atoms with van der Waals surface area (Å²) < 4.78 is 11.8. The van der Waals surface area contributed by atoms with Gasteiger partial charge in [-0.25, -0.2) is 4.79 Å². The van der Waals surface area contributed by atoms with Crippen molar-refractivity contribution >= 4 is 14.4 Å². The number of carbonyl (C=O) groups excluding carboxylic acids is 1. The minimum absolute atomic E-state index is 0.0925. The first-order chi connectivity index (χ1) is 12.6. The van der Waals surface area contributed by atoms with Crippen LogP contribution in [0.3, 0.4) is 0 Å². The number of rotatable bonds is 5. The molecule has 1 aromatic carbocycles. The Hall–Kier alpha value is -1.63. The highest BCUT2D eigenvalue weighted by molar-refractivity contribution is 6.74. The average molecular weight is 392 g/mol. The summed E-state index contributed by atoms with van der Waals surface area (Å²) in [4.78, 5) is 12.2. The molecule has 150 valence electrons. The largest absolute Gasteiger partial charge is 0.445 e. The number of benzene rings is 1. The Balaban J connectivity index is 1.93. The highest BCUT2D eigenvalue weighted by Gasteiger charge is 2.40. The predicted molar refractivity (Wildman–Crippen MR) is 110 cm³/mol. The second-order valence-electron chi connectivity index (χ2n) is 8.74. The van der Waals surface area contributed by atoms with Gasteiger partial charge >= 0.3 is 6.09 Å². The quantitative estimate of drug-likeness (QED) is 0.577. The van der Waals surface area contributed by atoms with Crippen molar-refractivity contribution in [3.05, 3.63) is 48.0 Å². The molecule has 0 bridgehead atoms. The molecule has 1 amide bonds. The SMILES string of the molecule is CC(C)(C)[Si](C)(C)O[C@H]1C[C@H](NC(=O)OCc2ccccc2)C=C[C@H](O)C1. The minimum atomic E-state index is -1.96. The van der Waals surface area contributed by atoms with Crippen molar-refractivity contribution in [2.24, 2.45) is 0 Å². The van der Waals surface area contributed by atoms with Crippen LogP contribution in [-0.2, 0) is 15.8 Å². The molecule has 1 aliphatic rings. The van der Waals surface area contributed by atoms with Gasteiger partial charge in [-0.15, -0.1) is 0 Å². The van der Waals surface area contributed by atoms with Crippen LogP contribution < -0.4 is 5.32 Å². The van der Waals surface area contributed by atoms with Gasteiger partial charge in [0.1, 0.15) is 6.61 Å². The average Bonchev–Trinajstić information content (AvgIpc) is 2.73. The van der Waals surface area contributed by atoms with E-state index in [-0.39, 0.29) is 23.8 Å². The lowest BCUT2D eigenvalue weighted by atomic mass is 10.1. The Kier molecular flexibility index (Phi) is 7.25. The Morgan fingerprint density at radius 1 is 1.19 bits per heavy atom. The molecule has 1 aromatic rings. The van der Waals surface area contributed by atoms with E-state index in [2.05, 4.69) is 39.2 Å². The van der Waals surface area contributed by atoms with Gasteiger partial charge in [-0.2, -0.15) is 0 Å². The Labute approximate surface area is 163 Å². The number of aliphatic hydroxyl groups is 1. The van der Waals surface area contributed by atoms with E-state index in [1.165, 1.54) is 0 Å². The second kappa shape index (κ2) is 9.04. The van der Waals surface area contributed by atoms with Gasteiger partial charge in [0, 0.05) is 6.42 Å². The lowest BCUT2D eigenvalue weighted by molar-refractivity contribution is 0.102. The summed E-state index contributed by atoms with van der Waals surface area (Å²) in [6.07, 6.45) is 3.61. The van der Waals surface area contributed by atoms with E-state index in [1.807, 2.05) is 36.4 Å². The number of amides is 1. The predicted octanol–water partition coefficient (Wildman–Crippen LogP) is 4.38. The third-order valence-electron chi connectivity index (χ3n) is 5.37. The van der Waals surface area contributed by atoms with Crippen LogP contribution in [0.5, 0.6) is 0 Å². The van der Waals surface area contributed by atoms with Gasteiger partial charge in [-0.05, 0) is 30.1 Å². The normalized spacial score (nSPS) is 23.6. The molecule has 0 spiro atoms. The number of aliphatic hydroxyl groups excluding tert-OH is 1. The number of nitrogens with one attached hydrogen (secondary N) is 1. The van der Waals surface area contributed by atoms with Gasteiger partial charge in [0.25, 0.3) is 0 Å². The van der Waals surface area contributed by atoms with E-state index >= 15 is 0 Å². The van der Waals surface area contributed by atoms with Gasteiger partial charge in [-0.1, -0.05) is 63.3 Å². The number of hydrogen-bond donors (Lipinski definition) is 2. The summed E-state index contributed by atoms with van der Waals surface area (Å²) in [5, 5.41) is 13.1. The number of carbonyl (C=O) groups is 1. The summed E-state index contributed by atoms with van der Waals surface area (Å²) >= 11 is 0. The standard InChI is InChI=1S/C21H33NO4Si/c1-21(2,3)27(4,5)26-19-13-17(11-12-18(23)14-19)22-20(24)25-15-16-9-7-6-8-10-16/h6-12,17-19,23H,13-15H2,1-5H3,(H,22,24)/t17-,18+,19+/m1/s1. The van der Waals surface area contributed by atoms with Crippen molar-refractivity contribution in [2.75, 3.05) is 0 Å². The molecule has 5 nitrogen and oxygen atoms in total. The van der Waals surface area contributed by atoms with Crippen LogP contribution in [0, 0.1) is 0 Å². The van der Waals surface area contributed by atoms with Crippen molar-refractivity contribution < 1.29 is 19.1 Å². The molecule has 1 aliphatic carbocycles. The van der Waals surface area contributed by atoms with Crippen molar-refractivity contribution in [2.45, 2.75) is 76.6 Å². The van der Waals surface area contributed by atoms with Crippen LogP contribution in [0.2, 0.25) is 18.1 Å². The lowest BCUT2D eigenvalue weighted by Gasteiger charge is -2.39. The van der Waals surface area contributed by atoms with Crippen LogP contribution in [0.4, 0.5) is 4.79 Å². The van der Waals surface area contributed by atoms with E-state index in [0.29, 0.717) is 12.8 Å². The zero-order valence-electron chi connectivity index (χ0n) is 17.1. The van der Waals surface area contributed by atoms with Gasteiger partial charge in [0.2, 0.25) is 0 Å². The Bertz CT molecular complexity index is 639. The maximum Gasteiger partial charge on any atom is 0.407 e. The summed E-state index contributed by atoms with van der Waals surface area (Å²) in [7, 11) is -1.96. The molecule has 2 rings (SSSR count). The fourth-order valence-electron chi connectivity index (χ4n) is 2.78. The molecule has 3 atom stereocenters. The highest BCUT2D eigenvalue weighted by Crippen LogP contribution is 2.38. The first kappa shape index (κ1) is 21.7. The zero-order valence-corrected chi connectivity index (χ0v) is 18.1. The molecule has 0 aromatic heterocycles. The fraction of sp³-hybridized carbons (Fsp3) is 0.571. The van der Waals surface area contributed by atoms with E-state index in [9.17, 15) is 9.90 Å². The topological polar surface area (TPSA) is 67.8 Å². The second-order valence-corrected chi connectivity index (χ2v) is 13.5. The molecule has 0 unspecified atom stereocenters. The van der Waals surface area contributed by atoms with Crippen LogP contribution in [0.1, 0.15) is 39.2 Å². The molecule has 0 heterocycles. The molecular formula is C21H33NO4Si. The maximum atomic E-state index is 12.2. The molecule has 0 aliphatic heterocycles. The van der Waals surface area contributed by atoms with Crippen LogP contribution in [0.15, 0.2) is 42.5 Å². The van der Waals surface area contributed by atoms with Crippen molar-refractivity contribution in [1.29, 1.82) is 0 Å². The molecule has 6 heteroatoms. The van der Waals surface area contributed by atoms with Gasteiger partial charge < -0.3 is 19.6 Å². The molecule has 2 N–H and O–H groups in total. The third kappa shape index (κ3) is 6.79. The van der Waals surface area contributed by atoms with E-state index in [4.69, 9.17) is 9.16 Å². The summed E-state index contributed by atoms with van der Waals surface area (Å²) in [6, 6.07) is 9.36.